The molecule has 0 aliphatic heterocycles. The highest BCUT2D eigenvalue weighted by molar-refractivity contribution is 6.46. The van der Waals surface area contributed by atoms with Crippen LogP contribution in [0.5, 0.6) is 0 Å². The maximum absolute atomic E-state index is 9.05. The third-order valence-corrected chi connectivity index (χ3v) is 2.32. The Morgan fingerprint density at radius 1 is 0.583 bits per heavy atom. The highest BCUT2D eigenvalue weighted by atomic mass is 35.5. The van der Waals surface area contributed by atoms with Gasteiger partial charge in [0.25, 0.3) is 0 Å². The molecule has 0 N–H and O–H groups in total. The van der Waals surface area contributed by atoms with E-state index < -0.39 is 17.1 Å². The van der Waals surface area contributed by atoms with Crippen molar-refractivity contribution in [2.75, 3.05) is 0 Å². The van der Waals surface area contributed by atoms with E-state index in [-0.39, 0.29) is 15.1 Å². The lowest BCUT2D eigenvalue weighted by atomic mass is 10.2. The monoisotopic (exact) mass is 219 g/mol. The van der Waals surface area contributed by atoms with E-state index in [1.165, 1.54) is 0 Å². The molecular formula is C6Cl3N3. The van der Waals surface area contributed by atoms with Crippen LogP contribution in [0.25, 0.3) is 0 Å². The van der Waals surface area contributed by atoms with Crippen molar-refractivity contribution in [2.45, 2.75) is 0 Å². The van der Waals surface area contributed by atoms with Crippen LogP contribution in [-0.2, 0) is 0 Å². The second-order valence-electron chi connectivity index (χ2n) is 1.99. The SMILES string of the molecule is [N]c1c(Cl)c([N])c(Cl)c([N])c1Cl. The summed E-state index contributed by atoms with van der Waals surface area (Å²) in [7, 11) is 0. The Balaban J connectivity index is 3.60. The predicted octanol–water partition coefficient (Wildman–Crippen LogP) is 2.75. The summed E-state index contributed by atoms with van der Waals surface area (Å²) in [5, 5.41) is -1.16. The molecule has 0 amide bonds. The van der Waals surface area contributed by atoms with Gasteiger partial charge in [0, 0.05) is 0 Å². The largest absolute Gasteiger partial charge is 0.147 e. The lowest BCUT2D eigenvalue weighted by Gasteiger charge is -2.04. The van der Waals surface area contributed by atoms with Crippen molar-refractivity contribution < 1.29 is 0 Å². The van der Waals surface area contributed by atoms with Crippen LogP contribution in [0.4, 0.5) is 17.1 Å². The molecule has 0 heterocycles. The van der Waals surface area contributed by atoms with Crippen LogP contribution in [0.15, 0.2) is 0 Å². The lowest BCUT2D eigenvalue weighted by molar-refractivity contribution is 1.38. The van der Waals surface area contributed by atoms with Gasteiger partial charge in [0.1, 0.15) is 17.1 Å². The molecule has 0 spiro atoms. The van der Waals surface area contributed by atoms with Gasteiger partial charge >= 0.3 is 0 Å². The van der Waals surface area contributed by atoms with Gasteiger partial charge in [-0.25, -0.2) is 0 Å². The first-order chi connectivity index (χ1) is 5.46. The third-order valence-electron chi connectivity index (χ3n) is 1.25. The molecule has 0 atom stereocenters. The molecule has 6 radical (unpaired) electrons. The molecule has 0 aromatic heterocycles. The van der Waals surface area contributed by atoms with E-state index in [9.17, 15) is 0 Å². The summed E-state index contributed by atoms with van der Waals surface area (Å²) in [6.07, 6.45) is 0. The Morgan fingerprint density at radius 2 is 0.750 bits per heavy atom. The van der Waals surface area contributed by atoms with Crippen LogP contribution < -0.4 is 17.2 Å². The fourth-order valence-electron chi connectivity index (χ4n) is 0.626. The smallest absolute Gasteiger partial charge is 0.128 e. The molecule has 3 nitrogen and oxygen atoms in total. The normalized spacial score (nSPS) is 10.2. The number of benzene rings is 1. The van der Waals surface area contributed by atoms with Gasteiger partial charge in [-0.1, -0.05) is 34.8 Å². The molecule has 0 aliphatic rings. The second kappa shape index (κ2) is 3.09. The van der Waals surface area contributed by atoms with Gasteiger partial charge in [0.15, 0.2) is 0 Å². The molecule has 0 bridgehead atoms. The molecular weight excluding hydrogens is 220 g/mol. The first kappa shape index (κ1) is 9.58. The topological polar surface area (TPSA) is 66.9 Å². The number of rotatable bonds is 0. The maximum atomic E-state index is 9.05. The van der Waals surface area contributed by atoms with E-state index in [1.807, 2.05) is 0 Å². The number of hydrogen-bond acceptors (Lipinski definition) is 0. The minimum atomic E-state index is -0.599. The maximum Gasteiger partial charge on any atom is 0.128 e. The summed E-state index contributed by atoms with van der Waals surface area (Å²) >= 11 is 16.1. The van der Waals surface area contributed by atoms with Crippen LogP contribution in [0.2, 0.25) is 15.1 Å². The fourth-order valence-corrected chi connectivity index (χ4v) is 1.34. The molecule has 12 heavy (non-hydrogen) atoms. The van der Waals surface area contributed by atoms with E-state index in [1.54, 1.807) is 0 Å². The van der Waals surface area contributed by atoms with Crippen molar-refractivity contribution in [3.8, 4) is 0 Å². The van der Waals surface area contributed by atoms with Gasteiger partial charge in [0.2, 0.25) is 0 Å². The predicted molar refractivity (Wildman–Crippen MR) is 46.9 cm³/mol. The van der Waals surface area contributed by atoms with E-state index >= 15 is 0 Å². The zero-order valence-corrected chi connectivity index (χ0v) is 7.74. The van der Waals surface area contributed by atoms with Crippen molar-refractivity contribution >= 4 is 51.9 Å². The summed E-state index contributed by atoms with van der Waals surface area (Å²) < 4.78 is 0. The fraction of sp³-hybridized carbons (Fsp3) is 0. The molecule has 60 valence electrons. The van der Waals surface area contributed by atoms with E-state index in [4.69, 9.17) is 52.0 Å². The molecule has 0 unspecified atom stereocenters. The summed E-state index contributed by atoms with van der Waals surface area (Å²) in [5.74, 6) is 0. The van der Waals surface area contributed by atoms with E-state index in [0.29, 0.717) is 0 Å². The van der Waals surface area contributed by atoms with Crippen LogP contribution in [-0.4, -0.2) is 0 Å². The van der Waals surface area contributed by atoms with E-state index in [2.05, 4.69) is 0 Å². The van der Waals surface area contributed by atoms with E-state index in [0.717, 1.165) is 0 Å². The van der Waals surface area contributed by atoms with Gasteiger partial charge in [-0.2, -0.15) is 0 Å². The summed E-state index contributed by atoms with van der Waals surface area (Å²) in [6, 6.07) is 0. The Hall–Kier alpha value is -0.510. The summed E-state index contributed by atoms with van der Waals surface area (Å²) in [6.45, 7) is 0. The van der Waals surface area contributed by atoms with Crippen molar-refractivity contribution in [1.82, 2.24) is 17.2 Å². The van der Waals surface area contributed by atoms with Crippen molar-refractivity contribution in [3.05, 3.63) is 15.1 Å². The average molecular weight is 220 g/mol. The molecule has 1 rings (SSSR count). The van der Waals surface area contributed by atoms with Crippen LogP contribution in [0.1, 0.15) is 0 Å². The van der Waals surface area contributed by atoms with Gasteiger partial charge in [-0.05, 0) is 0 Å². The van der Waals surface area contributed by atoms with Crippen molar-refractivity contribution in [1.29, 1.82) is 0 Å². The van der Waals surface area contributed by atoms with Gasteiger partial charge in [-0.3, -0.25) is 0 Å². The third kappa shape index (κ3) is 1.24. The first-order valence-electron chi connectivity index (χ1n) is 2.74. The molecule has 0 aliphatic carbocycles. The highest BCUT2D eigenvalue weighted by Gasteiger charge is 2.19. The zero-order chi connectivity index (χ0) is 9.46. The molecule has 0 saturated heterocycles. The second-order valence-corrected chi connectivity index (χ2v) is 3.12. The number of halogens is 3. The molecule has 0 saturated carbocycles. The molecule has 1 aromatic rings. The number of nitrogens with zero attached hydrogens (tertiary/aromatic N) is 3. The van der Waals surface area contributed by atoms with Gasteiger partial charge in [0.05, 0.1) is 15.1 Å². The Bertz CT molecular complexity index is 232. The average Bonchev–Trinajstić information content (AvgIpc) is 2.08. The highest BCUT2D eigenvalue weighted by Crippen LogP contribution is 2.45. The number of hydrogen-bond donors (Lipinski definition) is 0. The quantitative estimate of drug-likeness (QED) is 0.645. The Morgan fingerprint density at radius 3 is 0.917 bits per heavy atom. The Labute approximate surface area is 84.4 Å². The van der Waals surface area contributed by atoms with Gasteiger partial charge in [-0.15, -0.1) is 17.2 Å². The Kier molecular flexibility index (Phi) is 2.46. The van der Waals surface area contributed by atoms with Gasteiger partial charge < -0.3 is 0 Å². The first-order valence-corrected chi connectivity index (χ1v) is 3.87. The molecule has 1 aromatic carbocycles. The van der Waals surface area contributed by atoms with Crippen LogP contribution >= 0.6 is 34.8 Å². The van der Waals surface area contributed by atoms with Crippen LogP contribution in [0, 0.1) is 0 Å². The molecule has 0 fully saturated rings. The zero-order valence-electron chi connectivity index (χ0n) is 5.48. The van der Waals surface area contributed by atoms with Crippen molar-refractivity contribution in [3.63, 3.8) is 0 Å². The lowest BCUT2D eigenvalue weighted by Crippen LogP contribution is -1.84. The minimum absolute atomic E-state index is 0.386. The summed E-state index contributed by atoms with van der Waals surface area (Å²) in [5.41, 5.74) is 25.4. The minimum Gasteiger partial charge on any atom is -0.147 e. The standard InChI is InChI=1S/C6Cl3N3/c7-1-4(10)2(8)6(12)3(9)5(1)11. The van der Waals surface area contributed by atoms with Crippen molar-refractivity contribution in [2.24, 2.45) is 0 Å². The molecule has 6 heteroatoms. The van der Waals surface area contributed by atoms with Crippen LogP contribution in [0.3, 0.4) is 0 Å². The summed E-state index contributed by atoms with van der Waals surface area (Å²) in [4.78, 5) is 0.